The fourth-order valence-electron chi connectivity index (χ4n) is 3.24. The summed E-state index contributed by atoms with van der Waals surface area (Å²) in [6.07, 6.45) is 2.37. The normalized spacial score (nSPS) is 16.5. The van der Waals surface area contributed by atoms with Gasteiger partial charge >= 0.3 is 0 Å². The molecule has 1 amide bonds. The SMILES string of the molecule is CC1(C)CCCN(c2ccc(O)c(Oc3ccc(C(N)=O)cc3)c2)C1. The number of primary amides is 1. The maximum atomic E-state index is 11.1. The lowest BCUT2D eigenvalue weighted by molar-refractivity contribution is 0.100. The van der Waals surface area contributed by atoms with Crippen molar-refractivity contribution in [3.8, 4) is 17.2 Å². The molecular formula is C20H24N2O3. The number of carbonyl (C=O) groups excluding carboxylic acids is 1. The summed E-state index contributed by atoms with van der Waals surface area (Å²) < 4.78 is 5.80. The minimum atomic E-state index is -0.482. The number of aromatic hydroxyl groups is 1. The number of ether oxygens (including phenoxy) is 1. The second kappa shape index (κ2) is 6.67. The van der Waals surface area contributed by atoms with Gasteiger partial charge in [0, 0.05) is 30.4 Å². The number of hydrogen-bond donors (Lipinski definition) is 2. The Morgan fingerprint density at radius 2 is 1.92 bits per heavy atom. The van der Waals surface area contributed by atoms with Gasteiger partial charge in [-0.3, -0.25) is 4.79 Å². The smallest absolute Gasteiger partial charge is 0.248 e. The first kappa shape index (κ1) is 17.1. The molecule has 0 atom stereocenters. The summed E-state index contributed by atoms with van der Waals surface area (Å²) in [5.41, 5.74) is 6.97. The fraction of sp³-hybridized carbons (Fsp3) is 0.350. The molecule has 1 aliphatic rings. The van der Waals surface area contributed by atoms with E-state index < -0.39 is 5.91 Å². The van der Waals surface area contributed by atoms with Crippen LogP contribution >= 0.6 is 0 Å². The van der Waals surface area contributed by atoms with E-state index in [0.717, 1.165) is 25.2 Å². The summed E-state index contributed by atoms with van der Waals surface area (Å²) in [7, 11) is 0. The minimum absolute atomic E-state index is 0.0824. The van der Waals surface area contributed by atoms with Crippen molar-refractivity contribution in [1.82, 2.24) is 0 Å². The van der Waals surface area contributed by atoms with E-state index in [2.05, 4.69) is 18.7 Å². The zero-order chi connectivity index (χ0) is 18.0. The number of benzene rings is 2. The summed E-state index contributed by atoms with van der Waals surface area (Å²) in [4.78, 5) is 13.5. The lowest BCUT2D eigenvalue weighted by Gasteiger charge is -2.39. The van der Waals surface area contributed by atoms with E-state index in [4.69, 9.17) is 10.5 Å². The standard InChI is InChI=1S/C20H24N2O3/c1-20(2)10-3-11-22(13-20)15-6-9-17(23)18(12-15)25-16-7-4-14(5-8-16)19(21)24/h4-9,12,23H,3,10-11,13H2,1-2H3,(H2,21,24). The van der Waals surface area contributed by atoms with Crippen LogP contribution < -0.4 is 15.4 Å². The van der Waals surface area contributed by atoms with E-state index >= 15 is 0 Å². The molecule has 1 fully saturated rings. The van der Waals surface area contributed by atoms with Crippen LogP contribution in [-0.2, 0) is 0 Å². The summed E-state index contributed by atoms with van der Waals surface area (Å²) in [5, 5.41) is 10.1. The molecule has 2 aromatic rings. The Balaban J connectivity index is 1.81. The lowest BCUT2D eigenvalue weighted by Crippen LogP contribution is -2.40. The average molecular weight is 340 g/mol. The van der Waals surface area contributed by atoms with Gasteiger partial charge in [-0.2, -0.15) is 0 Å². The molecule has 0 spiro atoms. The molecule has 1 aliphatic heterocycles. The maximum absolute atomic E-state index is 11.1. The van der Waals surface area contributed by atoms with Crippen LogP contribution in [-0.4, -0.2) is 24.1 Å². The number of hydrogen-bond acceptors (Lipinski definition) is 4. The highest BCUT2D eigenvalue weighted by molar-refractivity contribution is 5.92. The van der Waals surface area contributed by atoms with Gasteiger partial charge < -0.3 is 20.5 Å². The van der Waals surface area contributed by atoms with Crippen molar-refractivity contribution in [2.45, 2.75) is 26.7 Å². The molecule has 0 saturated carbocycles. The lowest BCUT2D eigenvalue weighted by atomic mass is 9.84. The van der Waals surface area contributed by atoms with E-state index in [9.17, 15) is 9.90 Å². The van der Waals surface area contributed by atoms with Crippen LogP contribution in [0.4, 0.5) is 5.69 Å². The molecule has 5 nitrogen and oxygen atoms in total. The Labute approximate surface area is 148 Å². The van der Waals surface area contributed by atoms with Crippen molar-refractivity contribution < 1.29 is 14.6 Å². The van der Waals surface area contributed by atoms with Gasteiger partial charge in [0.15, 0.2) is 11.5 Å². The van der Waals surface area contributed by atoms with Crippen molar-refractivity contribution in [1.29, 1.82) is 0 Å². The fourth-order valence-corrected chi connectivity index (χ4v) is 3.24. The number of phenolic OH excluding ortho intramolecular Hbond substituents is 1. The summed E-state index contributed by atoms with van der Waals surface area (Å²) in [5.74, 6) is 0.534. The van der Waals surface area contributed by atoms with Gasteiger partial charge in [0.05, 0.1) is 0 Å². The van der Waals surface area contributed by atoms with Crippen LogP contribution in [0.1, 0.15) is 37.0 Å². The second-order valence-electron chi connectivity index (χ2n) is 7.33. The Kier molecular flexibility index (Phi) is 4.57. The molecular weight excluding hydrogens is 316 g/mol. The third kappa shape index (κ3) is 4.05. The van der Waals surface area contributed by atoms with Gasteiger partial charge in [-0.1, -0.05) is 13.8 Å². The molecule has 3 N–H and O–H groups in total. The number of nitrogens with two attached hydrogens (primary N) is 1. The van der Waals surface area contributed by atoms with Gasteiger partial charge in [-0.15, -0.1) is 0 Å². The number of nitrogens with zero attached hydrogens (tertiary/aromatic N) is 1. The Bertz CT molecular complexity index is 769. The van der Waals surface area contributed by atoms with Crippen LogP contribution in [0.5, 0.6) is 17.2 Å². The largest absolute Gasteiger partial charge is 0.504 e. The Morgan fingerprint density at radius 1 is 1.20 bits per heavy atom. The highest BCUT2D eigenvalue weighted by atomic mass is 16.5. The number of anilines is 1. The van der Waals surface area contributed by atoms with Gasteiger partial charge in [0.25, 0.3) is 0 Å². The predicted molar refractivity (Wildman–Crippen MR) is 98.4 cm³/mol. The second-order valence-corrected chi connectivity index (χ2v) is 7.33. The molecule has 3 rings (SSSR count). The van der Waals surface area contributed by atoms with Crippen LogP contribution in [0.2, 0.25) is 0 Å². The monoisotopic (exact) mass is 340 g/mol. The molecule has 1 heterocycles. The van der Waals surface area contributed by atoms with Crippen molar-refractivity contribution in [2.24, 2.45) is 11.1 Å². The van der Waals surface area contributed by atoms with Crippen LogP contribution in [0, 0.1) is 5.41 Å². The van der Waals surface area contributed by atoms with Gasteiger partial charge in [-0.25, -0.2) is 0 Å². The zero-order valence-electron chi connectivity index (χ0n) is 14.7. The topological polar surface area (TPSA) is 75.8 Å². The molecule has 1 saturated heterocycles. The highest BCUT2D eigenvalue weighted by Crippen LogP contribution is 2.37. The van der Waals surface area contributed by atoms with Crippen molar-refractivity contribution >= 4 is 11.6 Å². The average Bonchev–Trinajstić information content (AvgIpc) is 2.56. The number of rotatable bonds is 4. The van der Waals surface area contributed by atoms with E-state index in [1.165, 1.54) is 6.42 Å². The van der Waals surface area contributed by atoms with Crippen molar-refractivity contribution in [2.75, 3.05) is 18.0 Å². The molecule has 0 bridgehead atoms. The van der Waals surface area contributed by atoms with Crippen LogP contribution in [0.25, 0.3) is 0 Å². The molecule has 132 valence electrons. The number of carbonyl (C=O) groups is 1. The van der Waals surface area contributed by atoms with Crippen LogP contribution in [0.3, 0.4) is 0 Å². The van der Waals surface area contributed by atoms with Gasteiger partial charge in [0.1, 0.15) is 5.75 Å². The van der Waals surface area contributed by atoms with Crippen molar-refractivity contribution in [3.63, 3.8) is 0 Å². The summed E-state index contributed by atoms with van der Waals surface area (Å²) >= 11 is 0. The number of piperidine rings is 1. The zero-order valence-corrected chi connectivity index (χ0v) is 14.7. The van der Waals surface area contributed by atoms with Gasteiger partial charge in [-0.05, 0) is 54.7 Å². The first-order valence-electron chi connectivity index (χ1n) is 8.50. The Morgan fingerprint density at radius 3 is 2.56 bits per heavy atom. The van der Waals surface area contributed by atoms with Crippen molar-refractivity contribution in [3.05, 3.63) is 48.0 Å². The van der Waals surface area contributed by atoms with E-state index in [1.807, 2.05) is 12.1 Å². The highest BCUT2D eigenvalue weighted by Gasteiger charge is 2.26. The van der Waals surface area contributed by atoms with E-state index in [1.54, 1.807) is 30.3 Å². The van der Waals surface area contributed by atoms with Crippen LogP contribution in [0.15, 0.2) is 42.5 Å². The van der Waals surface area contributed by atoms with E-state index in [0.29, 0.717) is 17.1 Å². The first-order valence-corrected chi connectivity index (χ1v) is 8.50. The molecule has 0 unspecified atom stereocenters. The Hall–Kier alpha value is -2.69. The third-order valence-electron chi connectivity index (χ3n) is 4.58. The summed E-state index contributed by atoms with van der Waals surface area (Å²) in [6, 6.07) is 12.0. The number of phenols is 1. The molecule has 0 radical (unpaired) electrons. The quantitative estimate of drug-likeness (QED) is 0.885. The molecule has 0 aliphatic carbocycles. The van der Waals surface area contributed by atoms with Gasteiger partial charge in [0.2, 0.25) is 5.91 Å². The third-order valence-corrected chi connectivity index (χ3v) is 4.58. The maximum Gasteiger partial charge on any atom is 0.248 e. The predicted octanol–water partition coefficient (Wildman–Crippen LogP) is 3.91. The first-order chi connectivity index (χ1) is 11.8. The molecule has 0 aromatic heterocycles. The molecule has 5 heteroatoms. The number of amides is 1. The van der Waals surface area contributed by atoms with E-state index in [-0.39, 0.29) is 11.2 Å². The molecule has 2 aromatic carbocycles. The molecule has 25 heavy (non-hydrogen) atoms. The minimum Gasteiger partial charge on any atom is -0.504 e. The summed E-state index contributed by atoms with van der Waals surface area (Å²) in [6.45, 7) is 6.53.